The van der Waals surface area contributed by atoms with Crippen LogP contribution in [0.25, 0.3) is 0 Å². The Morgan fingerprint density at radius 2 is 2.05 bits per heavy atom. The fourth-order valence-electron chi connectivity index (χ4n) is 1.55. The SMILES string of the molecule is CC(C)N(C)C(=O)[C@H](C)Nc1ccn(CC(F)(F)F)n1. The summed E-state index contributed by atoms with van der Waals surface area (Å²) in [6, 6.07) is 0.899. The number of hydrogen-bond acceptors (Lipinski definition) is 3. The zero-order chi connectivity index (χ0) is 15.5. The van der Waals surface area contributed by atoms with Crippen molar-refractivity contribution in [2.75, 3.05) is 12.4 Å². The van der Waals surface area contributed by atoms with E-state index in [0.717, 1.165) is 4.68 Å². The molecule has 114 valence electrons. The number of likely N-dealkylation sites (N-methyl/N-ethyl adjacent to an activating group) is 1. The Morgan fingerprint density at radius 1 is 1.45 bits per heavy atom. The van der Waals surface area contributed by atoms with Crippen molar-refractivity contribution in [3.63, 3.8) is 0 Å². The van der Waals surface area contributed by atoms with Crippen LogP contribution in [0.3, 0.4) is 0 Å². The first-order chi connectivity index (χ1) is 9.10. The Morgan fingerprint density at radius 3 is 2.55 bits per heavy atom. The highest BCUT2D eigenvalue weighted by Gasteiger charge is 2.28. The molecule has 1 aromatic rings. The van der Waals surface area contributed by atoms with Gasteiger partial charge in [-0.3, -0.25) is 9.48 Å². The standard InChI is InChI=1S/C12H19F3N4O/c1-8(2)18(4)11(20)9(3)16-10-5-6-19(17-10)7-12(13,14)15/h5-6,8-9H,7H2,1-4H3,(H,16,17)/t9-/m0/s1. The van der Waals surface area contributed by atoms with E-state index >= 15 is 0 Å². The van der Waals surface area contributed by atoms with E-state index in [1.165, 1.54) is 12.3 Å². The molecular formula is C12H19F3N4O. The van der Waals surface area contributed by atoms with Crippen LogP contribution in [0.5, 0.6) is 0 Å². The molecule has 0 saturated heterocycles. The van der Waals surface area contributed by atoms with Gasteiger partial charge in [0.15, 0.2) is 0 Å². The van der Waals surface area contributed by atoms with Crippen molar-refractivity contribution < 1.29 is 18.0 Å². The third-order valence-electron chi connectivity index (χ3n) is 2.84. The largest absolute Gasteiger partial charge is 0.408 e. The number of amides is 1. The van der Waals surface area contributed by atoms with Crippen molar-refractivity contribution in [2.45, 2.75) is 45.6 Å². The molecule has 1 N–H and O–H groups in total. The van der Waals surface area contributed by atoms with Crippen molar-refractivity contribution in [3.05, 3.63) is 12.3 Å². The summed E-state index contributed by atoms with van der Waals surface area (Å²) in [5.74, 6) is 0.0950. The summed E-state index contributed by atoms with van der Waals surface area (Å²) in [5.41, 5.74) is 0. The maximum absolute atomic E-state index is 12.2. The van der Waals surface area contributed by atoms with Crippen LogP contribution in [0.4, 0.5) is 19.0 Å². The van der Waals surface area contributed by atoms with E-state index in [1.807, 2.05) is 13.8 Å². The van der Waals surface area contributed by atoms with E-state index in [0.29, 0.717) is 0 Å². The lowest BCUT2D eigenvalue weighted by Crippen LogP contribution is -2.42. The van der Waals surface area contributed by atoms with Gasteiger partial charge < -0.3 is 10.2 Å². The summed E-state index contributed by atoms with van der Waals surface area (Å²) < 4.78 is 37.4. The van der Waals surface area contributed by atoms with Crippen LogP contribution in [0.2, 0.25) is 0 Å². The molecule has 8 heteroatoms. The third-order valence-corrected chi connectivity index (χ3v) is 2.84. The van der Waals surface area contributed by atoms with Crippen molar-refractivity contribution in [2.24, 2.45) is 0 Å². The highest BCUT2D eigenvalue weighted by molar-refractivity contribution is 5.83. The fourth-order valence-corrected chi connectivity index (χ4v) is 1.55. The summed E-state index contributed by atoms with van der Waals surface area (Å²) in [7, 11) is 1.67. The second-order valence-corrected chi connectivity index (χ2v) is 4.92. The summed E-state index contributed by atoms with van der Waals surface area (Å²) in [6.45, 7) is 4.25. The molecule has 20 heavy (non-hydrogen) atoms. The molecule has 0 radical (unpaired) electrons. The van der Waals surface area contributed by atoms with E-state index in [-0.39, 0.29) is 17.8 Å². The van der Waals surface area contributed by atoms with Gasteiger partial charge in [0, 0.05) is 25.4 Å². The van der Waals surface area contributed by atoms with Crippen LogP contribution >= 0.6 is 0 Å². The molecule has 5 nitrogen and oxygen atoms in total. The summed E-state index contributed by atoms with van der Waals surface area (Å²) in [5, 5.41) is 6.53. The Bertz CT molecular complexity index is 456. The predicted octanol–water partition coefficient (Wildman–Crippen LogP) is 2.11. The van der Waals surface area contributed by atoms with Crippen LogP contribution in [-0.4, -0.2) is 45.9 Å². The Hall–Kier alpha value is -1.73. The highest BCUT2D eigenvalue weighted by Crippen LogP contribution is 2.17. The number of nitrogens with zero attached hydrogens (tertiary/aromatic N) is 3. The van der Waals surface area contributed by atoms with Gasteiger partial charge in [0.05, 0.1) is 0 Å². The van der Waals surface area contributed by atoms with E-state index in [9.17, 15) is 18.0 Å². The molecule has 0 spiro atoms. The zero-order valence-corrected chi connectivity index (χ0v) is 11.9. The van der Waals surface area contributed by atoms with Crippen molar-refractivity contribution in [1.29, 1.82) is 0 Å². The molecule has 0 fully saturated rings. The molecule has 1 rings (SSSR count). The average Bonchev–Trinajstić information content (AvgIpc) is 2.71. The Balaban J connectivity index is 2.63. The molecule has 0 bridgehead atoms. The molecule has 1 aromatic heterocycles. The third kappa shape index (κ3) is 4.75. The minimum atomic E-state index is -4.32. The average molecular weight is 292 g/mol. The Kier molecular flexibility index (Phi) is 5.02. The second kappa shape index (κ2) is 6.15. The number of carbonyl (C=O) groups is 1. The van der Waals surface area contributed by atoms with Gasteiger partial charge >= 0.3 is 6.18 Å². The molecule has 0 aromatic carbocycles. The van der Waals surface area contributed by atoms with Crippen LogP contribution in [0.1, 0.15) is 20.8 Å². The van der Waals surface area contributed by atoms with Crippen molar-refractivity contribution in [3.8, 4) is 0 Å². The monoisotopic (exact) mass is 292 g/mol. The molecule has 0 aliphatic heterocycles. The van der Waals surface area contributed by atoms with Gasteiger partial charge in [-0.1, -0.05) is 0 Å². The van der Waals surface area contributed by atoms with Crippen molar-refractivity contribution >= 4 is 11.7 Å². The topological polar surface area (TPSA) is 50.2 Å². The maximum Gasteiger partial charge on any atom is 0.408 e. The number of aromatic nitrogens is 2. The van der Waals surface area contributed by atoms with Crippen LogP contribution in [-0.2, 0) is 11.3 Å². The smallest absolute Gasteiger partial charge is 0.357 e. The molecule has 1 heterocycles. The van der Waals surface area contributed by atoms with Crippen LogP contribution < -0.4 is 5.32 Å². The van der Waals surface area contributed by atoms with Gasteiger partial charge in [-0.05, 0) is 20.8 Å². The first kappa shape index (κ1) is 16.3. The van der Waals surface area contributed by atoms with Gasteiger partial charge in [-0.15, -0.1) is 0 Å². The molecule has 0 aliphatic carbocycles. The highest BCUT2D eigenvalue weighted by atomic mass is 19.4. The van der Waals surface area contributed by atoms with Gasteiger partial charge in [0.25, 0.3) is 0 Å². The second-order valence-electron chi connectivity index (χ2n) is 4.92. The minimum absolute atomic E-state index is 0.0505. The lowest BCUT2D eigenvalue weighted by molar-refractivity contribution is -0.142. The van der Waals surface area contributed by atoms with E-state index in [4.69, 9.17) is 0 Å². The first-order valence-electron chi connectivity index (χ1n) is 6.23. The zero-order valence-electron chi connectivity index (χ0n) is 11.9. The minimum Gasteiger partial charge on any atom is -0.357 e. The van der Waals surface area contributed by atoms with Crippen LogP contribution in [0.15, 0.2) is 12.3 Å². The summed E-state index contributed by atoms with van der Waals surface area (Å²) >= 11 is 0. The molecule has 0 saturated carbocycles. The molecule has 0 aliphatic rings. The van der Waals surface area contributed by atoms with E-state index in [1.54, 1.807) is 18.9 Å². The van der Waals surface area contributed by atoms with Crippen LogP contribution in [0, 0.1) is 0 Å². The fraction of sp³-hybridized carbons (Fsp3) is 0.667. The number of anilines is 1. The van der Waals surface area contributed by atoms with Gasteiger partial charge in [0.2, 0.25) is 5.91 Å². The number of alkyl halides is 3. The van der Waals surface area contributed by atoms with E-state index in [2.05, 4.69) is 10.4 Å². The predicted molar refractivity (Wildman–Crippen MR) is 69.3 cm³/mol. The van der Waals surface area contributed by atoms with Crippen molar-refractivity contribution in [1.82, 2.24) is 14.7 Å². The van der Waals surface area contributed by atoms with E-state index < -0.39 is 18.8 Å². The summed E-state index contributed by atoms with van der Waals surface area (Å²) in [6.07, 6.45) is -3.10. The first-order valence-corrected chi connectivity index (χ1v) is 6.23. The molecule has 1 amide bonds. The molecular weight excluding hydrogens is 273 g/mol. The number of hydrogen-bond donors (Lipinski definition) is 1. The number of carbonyl (C=O) groups excluding carboxylic acids is 1. The number of rotatable bonds is 5. The Labute approximate surface area is 115 Å². The normalized spacial score (nSPS) is 13.4. The summed E-state index contributed by atoms with van der Waals surface area (Å²) in [4.78, 5) is 13.5. The molecule has 0 unspecified atom stereocenters. The lowest BCUT2D eigenvalue weighted by atomic mass is 10.2. The number of halogens is 3. The quantitative estimate of drug-likeness (QED) is 0.904. The number of nitrogens with one attached hydrogen (secondary N) is 1. The maximum atomic E-state index is 12.2. The lowest BCUT2D eigenvalue weighted by Gasteiger charge is -2.25. The van der Waals surface area contributed by atoms with Gasteiger partial charge in [-0.2, -0.15) is 18.3 Å². The molecule has 1 atom stereocenters. The van der Waals surface area contributed by atoms with Gasteiger partial charge in [-0.25, -0.2) is 0 Å². The van der Waals surface area contributed by atoms with Gasteiger partial charge in [0.1, 0.15) is 18.4 Å².